The molecule has 2 amide bonds. The van der Waals surface area contributed by atoms with Crippen LogP contribution in [0.15, 0.2) is 34.9 Å². The van der Waals surface area contributed by atoms with E-state index in [-0.39, 0.29) is 17.7 Å². The van der Waals surface area contributed by atoms with Gasteiger partial charge in [0.15, 0.2) is 0 Å². The van der Waals surface area contributed by atoms with Crippen molar-refractivity contribution in [2.75, 3.05) is 5.75 Å². The van der Waals surface area contributed by atoms with E-state index in [2.05, 4.69) is 28.8 Å². The van der Waals surface area contributed by atoms with Gasteiger partial charge in [0.1, 0.15) is 5.92 Å². The first-order chi connectivity index (χ1) is 13.4. The molecule has 2 N–H and O–H groups in total. The van der Waals surface area contributed by atoms with Crippen LogP contribution in [0.4, 0.5) is 0 Å². The van der Waals surface area contributed by atoms with Crippen molar-refractivity contribution in [3.05, 3.63) is 46.0 Å². The van der Waals surface area contributed by atoms with E-state index in [0.717, 1.165) is 36.6 Å². The Morgan fingerprint density at radius 3 is 2.82 bits per heavy atom. The summed E-state index contributed by atoms with van der Waals surface area (Å²) in [6.45, 7) is 3.41. The molecule has 0 saturated heterocycles. The Kier molecular flexibility index (Phi) is 5.76. The summed E-state index contributed by atoms with van der Waals surface area (Å²) in [7, 11) is 0. The Morgan fingerprint density at radius 1 is 1.36 bits per heavy atom. The van der Waals surface area contributed by atoms with Gasteiger partial charge in [-0.2, -0.15) is 10.5 Å². The number of nitriles is 2. The van der Waals surface area contributed by atoms with Crippen LogP contribution in [0.25, 0.3) is 0 Å². The molecule has 1 aliphatic carbocycles. The largest absolute Gasteiger partial charge is 0.349 e. The summed E-state index contributed by atoms with van der Waals surface area (Å²) >= 11 is 1.13. The van der Waals surface area contributed by atoms with Crippen LogP contribution in [0.1, 0.15) is 43.9 Å². The predicted octanol–water partition coefficient (Wildman–Crippen LogP) is 2.94. The average molecular weight is 395 g/mol. The van der Waals surface area contributed by atoms with E-state index in [1.54, 1.807) is 13.8 Å². The second-order valence-corrected chi connectivity index (χ2v) is 8.57. The summed E-state index contributed by atoms with van der Waals surface area (Å²) in [5.41, 5.74) is 1.87. The number of nitrogens with zero attached hydrogens (tertiary/aromatic N) is 2. The summed E-state index contributed by atoms with van der Waals surface area (Å²) in [6, 6.07) is 12.2. The molecule has 2 atom stereocenters. The predicted molar refractivity (Wildman–Crippen MR) is 106 cm³/mol. The fourth-order valence-corrected chi connectivity index (χ4v) is 4.80. The van der Waals surface area contributed by atoms with Crippen LogP contribution in [0, 0.1) is 34.0 Å². The number of hydrogen-bond acceptors (Lipinski definition) is 5. The SMILES string of the molecule is CC1(C)C(C#N)=C(SCC(=O)N[C@@H]2CCCc3ccccc32)NC(=O)[C@H]1C#N. The third kappa shape index (κ3) is 3.76. The van der Waals surface area contributed by atoms with Gasteiger partial charge in [-0.15, -0.1) is 0 Å². The lowest BCUT2D eigenvalue weighted by Crippen LogP contribution is -2.44. The van der Waals surface area contributed by atoms with Gasteiger partial charge < -0.3 is 10.6 Å². The molecule has 6 nitrogen and oxygen atoms in total. The van der Waals surface area contributed by atoms with Crippen LogP contribution in [-0.4, -0.2) is 17.6 Å². The van der Waals surface area contributed by atoms with Gasteiger partial charge >= 0.3 is 0 Å². The van der Waals surface area contributed by atoms with Gasteiger partial charge in [-0.05, 0) is 30.4 Å². The highest BCUT2D eigenvalue weighted by atomic mass is 32.2. The maximum absolute atomic E-state index is 12.5. The number of nitrogens with one attached hydrogen (secondary N) is 2. The van der Waals surface area contributed by atoms with Crippen molar-refractivity contribution in [2.45, 2.75) is 39.2 Å². The molecule has 1 heterocycles. The van der Waals surface area contributed by atoms with Gasteiger partial charge in [0.2, 0.25) is 11.8 Å². The standard InChI is InChI=1S/C21H22N4O2S/c1-21(2)15(10-22)19(27)25-20(16(21)11-23)28-12-18(26)24-17-9-5-7-13-6-3-4-8-14(13)17/h3-4,6,8,15,17H,5,7,9,12H2,1-2H3,(H,24,26)(H,25,27)/t15-,17-/m1/s1. The molecule has 144 valence electrons. The number of benzene rings is 1. The van der Waals surface area contributed by atoms with E-state index in [1.165, 1.54) is 5.56 Å². The molecule has 0 aromatic heterocycles. The van der Waals surface area contributed by atoms with Crippen LogP contribution in [0.5, 0.6) is 0 Å². The molecule has 0 saturated carbocycles. The molecule has 1 aromatic carbocycles. The van der Waals surface area contributed by atoms with E-state index in [0.29, 0.717) is 10.6 Å². The molecular weight excluding hydrogens is 372 g/mol. The smallest absolute Gasteiger partial charge is 0.243 e. The molecule has 2 aliphatic rings. The topological polar surface area (TPSA) is 106 Å². The Labute approximate surface area is 169 Å². The number of fused-ring (bicyclic) bond motifs is 1. The summed E-state index contributed by atoms with van der Waals surface area (Å²) in [4.78, 5) is 24.7. The van der Waals surface area contributed by atoms with Crippen molar-refractivity contribution in [1.82, 2.24) is 10.6 Å². The summed E-state index contributed by atoms with van der Waals surface area (Å²) in [6.07, 6.45) is 2.95. The van der Waals surface area contributed by atoms with E-state index in [1.807, 2.05) is 18.2 Å². The quantitative estimate of drug-likeness (QED) is 0.817. The van der Waals surface area contributed by atoms with Gasteiger partial charge in [-0.3, -0.25) is 9.59 Å². The summed E-state index contributed by atoms with van der Waals surface area (Å²) in [5, 5.41) is 24.9. The maximum Gasteiger partial charge on any atom is 0.243 e. The van der Waals surface area contributed by atoms with Crippen molar-refractivity contribution in [3.63, 3.8) is 0 Å². The third-order valence-corrected chi connectivity index (χ3v) is 6.39. The molecule has 1 aliphatic heterocycles. The second kappa shape index (κ2) is 8.08. The number of amides is 2. The van der Waals surface area contributed by atoms with Gasteiger partial charge in [-0.1, -0.05) is 49.9 Å². The normalized spacial score (nSPS) is 23.1. The Hall–Kier alpha value is -2.77. The first kappa shape index (κ1) is 20.0. The molecule has 28 heavy (non-hydrogen) atoms. The second-order valence-electron chi connectivity index (χ2n) is 7.59. The Balaban J connectivity index is 1.70. The first-order valence-corrected chi connectivity index (χ1v) is 10.2. The van der Waals surface area contributed by atoms with E-state index in [4.69, 9.17) is 0 Å². The minimum Gasteiger partial charge on any atom is -0.349 e. The van der Waals surface area contributed by atoms with Gasteiger partial charge in [0.25, 0.3) is 0 Å². The zero-order chi connectivity index (χ0) is 20.3. The van der Waals surface area contributed by atoms with Crippen LogP contribution >= 0.6 is 11.8 Å². The zero-order valence-electron chi connectivity index (χ0n) is 15.9. The number of hydrogen-bond donors (Lipinski definition) is 2. The van der Waals surface area contributed by atoms with Crippen LogP contribution in [0.2, 0.25) is 0 Å². The van der Waals surface area contributed by atoms with Crippen molar-refractivity contribution in [2.24, 2.45) is 11.3 Å². The first-order valence-electron chi connectivity index (χ1n) is 9.23. The molecule has 0 spiro atoms. The van der Waals surface area contributed by atoms with Crippen LogP contribution < -0.4 is 10.6 Å². The Morgan fingerprint density at radius 2 is 2.11 bits per heavy atom. The van der Waals surface area contributed by atoms with E-state index >= 15 is 0 Å². The summed E-state index contributed by atoms with van der Waals surface area (Å²) in [5.74, 6) is -1.42. The molecule has 7 heteroatoms. The van der Waals surface area contributed by atoms with Crippen LogP contribution in [-0.2, 0) is 16.0 Å². The maximum atomic E-state index is 12.5. The van der Waals surface area contributed by atoms with Crippen molar-refractivity contribution in [3.8, 4) is 12.1 Å². The highest BCUT2D eigenvalue weighted by Gasteiger charge is 2.44. The highest BCUT2D eigenvalue weighted by Crippen LogP contribution is 2.41. The van der Waals surface area contributed by atoms with Crippen molar-refractivity contribution in [1.29, 1.82) is 10.5 Å². The minimum absolute atomic E-state index is 0.0113. The molecule has 0 bridgehead atoms. The van der Waals surface area contributed by atoms with Crippen molar-refractivity contribution >= 4 is 23.6 Å². The average Bonchev–Trinajstić information content (AvgIpc) is 2.66. The zero-order valence-corrected chi connectivity index (χ0v) is 16.7. The lowest BCUT2D eigenvalue weighted by Gasteiger charge is -2.34. The molecule has 0 fully saturated rings. The Bertz CT molecular complexity index is 923. The lowest BCUT2D eigenvalue weighted by atomic mass is 9.72. The fourth-order valence-electron chi connectivity index (χ4n) is 3.81. The van der Waals surface area contributed by atoms with Gasteiger partial charge in [0, 0.05) is 5.41 Å². The fraction of sp³-hybridized carbons (Fsp3) is 0.429. The van der Waals surface area contributed by atoms with Gasteiger partial charge in [0.05, 0.1) is 34.5 Å². The number of allylic oxidation sites excluding steroid dienone is 1. The third-order valence-electron chi connectivity index (χ3n) is 5.39. The molecule has 1 aromatic rings. The molecule has 0 unspecified atom stereocenters. The minimum atomic E-state index is -0.931. The van der Waals surface area contributed by atoms with Gasteiger partial charge in [-0.25, -0.2) is 0 Å². The van der Waals surface area contributed by atoms with E-state index in [9.17, 15) is 20.1 Å². The number of thioether (sulfide) groups is 1. The molecule has 0 radical (unpaired) electrons. The highest BCUT2D eigenvalue weighted by molar-refractivity contribution is 8.03. The number of carbonyl (C=O) groups is 2. The number of aryl methyl sites for hydroxylation is 1. The molecular formula is C21H22N4O2S. The van der Waals surface area contributed by atoms with Crippen molar-refractivity contribution < 1.29 is 9.59 Å². The summed E-state index contributed by atoms with van der Waals surface area (Å²) < 4.78 is 0. The van der Waals surface area contributed by atoms with E-state index < -0.39 is 17.2 Å². The monoisotopic (exact) mass is 394 g/mol. The van der Waals surface area contributed by atoms with Crippen LogP contribution in [0.3, 0.4) is 0 Å². The lowest BCUT2D eigenvalue weighted by molar-refractivity contribution is -0.125. The number of rotatable bonds is 4. The number of carbonyl (C=O) groups excluding carboxylic acids is 2. The molecule has 3 rings (SSSR count).